The van der Waals surface area contributed by atoms with Gasteiger partial charge < -0.3 is 5.32 Å². The van der Waals surface area contributed by atoms with Gasteiger partial charge in [-0.25, -0.2) is 13.4 Å². The average molecular weight is 497 g/mol. The molecule has 164 valence electrons. The number of rotatable bonds is 7. The van der Waals surface area contributed by atoms with Crippen LogP contribution in [0.15, 0.2) is 46.7 Å². The predicted octanol–water partition coefficient (Wildman–Crippen LogP) is 3.68. The third-order valence-electron chi connectivity index (χ3n) is 4.89. The second kappa shape index (κ2) is 9.35. The van der Waals surface area contributed by atoms with Crippen LogP contribution in [0.25, 0.3) is 0 Å². The molecule has 4 rings (SSSR count). The van der Waals surface area contributed by atoms with Crippen LogP contribution in [-0.4, -0.2) is 48.7 Å². The number of anilines is 1. The minimum absolute atomic E-state index is 0.107. The first kappa shape index (κ1) is 22.4. The largest absolute Gasteiger partial charge is 0.301 e. The van der Waals surface area contributed by atoms with Crippen molar-refractivity contribution in [3.05, 3.63) is 62.9 Å². The maximum Gasteiger partial charge on any atom is 0.252 e. The summed E-state index contributed by atoms with van der Waals surface area (Å²) < 4.78 is 26.6. The lowest BCUT2D eigenvalue weighted by atomic mass is 10.1. The molecule has 0 atom stereocenters. The van der Waals surface area contributed by atoms with Gasteiger partial charge in [0.2, 0.25) is 5.91 Å². The highest BCUT2D eigenvalue weighted by Crippen LogP contribution is 2.30. The normalized spacial score (nSPS) is 14.5. The molecule has 3 heterocycles. The Kier molecular flexibility index (Phi) is 6.75. The summed E-state index contributed by atoms with van der Waals surface area (Å²) in [5.74, 6) is -0.430. The molecule has 2 aromatic heterocycles. The molecule has 1 N–H and O–H groups in total. The Morgan fingerprint density at radius 1 is 1.23 bits per heavy atom. The molecule has 7 nitrogen and oxygen atoms in total. The van der Waals surface area contributed by atoms with Crippen molar-refractivity contribution in [2.45, 2.75) is 23.7 Å². The van der Waals surface area contributed by atoms with E-state index in [0.717, 1.165) is 52.3 Å². The molecule has 0 aliphatic carbocycles. The van der Waals surface area contributed by atoms with Gasteiger partial charge in [-0.2, -0.15) is 4.31 Å². The van der Waals surface area contributed by atoms with Crippen LogP contribution >= 0.6 is 34.3 Å². The van der Waals surface area contributed by atoms with E-state index in [1.807, 2.05) is 18.2 Å². The third kappa shape index (κ3) is 5.33. The third-order valence-corrected chi connectivity index (χ3v) is 9.38. The van der Waals surface area contributed by atoms with E-state index in [9.17, 15) is 13.2 Å². The van der Waals surface area contributed by atoms with Crippen molar-refractivity contribution in [3.8, 4) is 0 Å². The van der Waals surface area contributed by atoms with Crippen LogP contribution in [0.1, 0.15) is 16.1 Å². The van der Waals surface area contributed by atoms with E-state index in [0.29, 0.717) is 9.47 Å². The quantitative estimate of drug-likeness (QED) is 0.539. The van der Waals surface area contributed by atoms with Gasteiger partial charge in [0.05, 0.1) is 16.6 Å². The number of nitrogens with zero attached hydrogens (tertiary/aromatic N) is 3. The zero-order chi connectivity index (χ0) is 22.0. The molecular formula is C20H21ClN4O3S3. The van der Waals surface area contributed by atoms with Gasteiger partial charge in [0.1, 0.15) is 4.21 Å². The fraction of sp³-hybridized carbons (Fsp3) is 0.300. The van der Waals surface area contributed by atoms with E-state index in [4.69, 9.17) is 11.6 Å². The molecule has 11 heteroatoms. The minimum Gasteiger partial charge on any atom is -0.301 e. The van der Waals surface area contributed by atoms with E-state index >= 15 is 0 Å². The summed E-state index contributed by atoms with van der Waals surface area (Å²) in [6.07, 6.45) is 0.821. The van der Waals surface area contributed by atoms with E-state index in [-0.39, 0.29) is 10.8 Å². The van der Waals surface area contributed by atoms with Crippen LogP contribution in [0.5, 0.6) is 0 Å². The summed E-state index contributed by atoms with van der Waals surface area (Å²) in [6.45, 7) is 2.26. The highest BCUT2D eigenvalue weighted by molar-refractivity contribution is 7.91. The van der Waals surface area contributed by atoms with E-state index < -0.39 is 15.9 Å². The molecule has 3 aromatic rings. The van der Waals surface area contributed by atoms with Gasteiger partial charge in [0.25, 0.3) is 10.0 Å². The van der Waals surface area contributed by atoms with Crippen LogP contribution in [0.3, 0.4) is 0 Å². The van der Waals surface area contributed by atoms with Gasteiger partial charge in [-0.05, 0) is 17.7 Å². The fourth-order valence-electron chi connectivity index (χ4n) is 3.31. The van der Waals surface area contributed by atoms with Gasteiger partial charge >= 0.3 is 0 Å². The van der Waals surface area contributed by atoms with Gasteiger partial charge in [-0.3, -0.25) is 9.69 Å². The Balaban J connectivity index is 1.36. The van der Waals surface area contributed by atoms with Crippen molar-refractivity contribution in [2.75, 3.05) is 25.5 Å². The number of hydrogen-bond acceptors (Lipinski definition) is 7. The van der Waals surface area contributed by atoms with Gasteiger partial charge in [-0.15, -0.1) is 22.7 Å². The van der Waals surface area contributed by atoms with Crippen molar-refractivity contribution in [1.82, 2.24) is 14.2 Å². The van der Waals surface area contributed by atoms with Crippen molar-refractivity contribution in [3.63, 3.8) is 0 Å². The number of fused-ring (bicyclic) bond motifs is 1. The van der Waals surface area contributed by atoms with E-state index in [1.165, 1.54) is 36.1 Å². The summed E-state index contributed by atoms with van der Waals surface area (Å²) in [4.78, 5) is 20.5. The van der Waals surface area contributed by atoms with Crippen LogP contribution in [0, 0.1) is 0 Å². The highest BCUT2D eigenvalue weighted by atomic mass is 35.5. The molecule has 0 saturated heterocycles. The molecule has 1 aliphatic heterocycles. The molecule has 1 aromatic carbocycles. The maximum atomic E-state index is 12.6. The second-order valence-electron chi connectivity index (χ2n) is 7.20. The summed E-state index contributed by atoms with van der Waals surface area (Å²) in [5, 5.41) is 3.25. The Hall–Kier alpha value is -1.82. The number of benzene rings is 1. The lowest BCUT2D eigenvalue weighted by molar-refractivity contribution is -0.116. The first-order valence-electron chi connectivity index (χ1n) is 9.57. The summed E-state index contributed by atoms with van der Waals surface area (Å²) in [7, 11) is -2.39. The molecule has 0 radical (unpaired) electrons. The monoisotopic (exact) mass is 496 g/mol. The Labute approximate surface area is 194 Å². The number of carbonyl (C=O) groups excluding carboxylic acids is 1. The minimum atomic E-state index is -3.76. The highest BCUT2D eigenvalue weighted by Gasteiger charge is 2.26. The molecule has 0 unspecified atom stereocenters. The van der Waals surface area contributed by atoms with E-state index in [1.54, 1.807) is 0 Å². The number of sulfonamides is 1. The Morgan fingerprint density at radius 3 is 2.71 bits per heavy atom. The number of carbonyl (C=O) groups is 1. The van der Waals surface area contributed by atoms with Crippen molar-refractivity contribution >= 4 is 55.3 Å². The number of thiazole rings is 1. The number of aromatic nitrogens is 1. The number of halogens is 1. The van der Waals surface area contributed by atoms with E-state index in [2.05, 4.69) is 27.3 Å². The van der Waals surface area contributed by atoms with Crippen LogP contribution in [-0.2, 0) is 34.3 Å². The molecule has 1 amide bonds. The fourth-order valence-corrected chi connectivity index (χ4v) is 7.20. The zero-order valence-corrected chi connectivity index (χ0v) is 20.0. The maximum absolute atomic E-state index is 12.6. The Bertz CT molecular complexity index is 1180. The second-order valence-corrected chi connectivity index (χ2v) is 12.3. The molecule has 0 saturated carbocycles. The zero-order valence-electron chi connectivity index (χ0n) is 16.7. The van der Waals surface area contributed by atoms with Crippen molar-refractivity contribution < 1.29 is 13.2 Å². The number of hydrogen-bond donors (Lipinski definition) is 1. The topological polar surface area (TPSA) is 82.6 Å². The van der Waals surface area contributed by atoms with Crippen LogP contribution < -0.4 is 5.32 Å². The lowest BCUT2D eigenvalue weighted by Gasteiger charge is -2.25. The van der Waals surface area contributed by atoms with Gasteiger partial charge in [0, 0.05) is 38.0 Å². The lowest BCUT2D eigenvalue weighted by Crippen LogP contribution is -2.34. The van der Waals surface area contributed by atoms with Crippen molar-refractivity contribution in [1.29, 1.82) is 0 Å². The number of nitrogens with one attached hydrogen (secondary N) is 1. The molecular weight excluding hydrogens is 476 g/mol. The molecule has 0 bridgehead atoms. The summed E-state index contributed by atoms with van der Waals surface area (Å²) >= 11 is 8.24. The number of likely N-dealkylation sites (N-methyl/N-ethyl adjacent to an activating group) is 1. The smallest absolute Gasteiger partial charge is 0.252 e. The number of thiophene rings is 1. The molecule has 0 fully saturated rings. The van der Waals surface area contributed by atoms with Crippen LogP contribution in [0.4, 0.5) is 5.13 Å². The van der Waals surface area contributed by atoms with Crippen molar-refractivity contribution in [2.24, 2.45) is 0 Å². The standard InChI is InChI=1S/C20H21ClN4O3S3/c1-24(31(27,28)19-8-7-17(21)30-19)13-18(26)23-20-22-15-9-10-25(12-16(15)29-20)11-14-5-3-2-4-6-14/h2-8H,9-13H2,1H3,(H,22,23,26). The van der Waals surface area contributed by atoms with Gasteiger partial charge in [-0.1, -0.05) is 41.9 Å². The summed E-state index contributed by atoms with van der Waals surface area (Å²) in [5.41, 5.74) is 2.26. The summed E-state index contributed by atoms with van der Waals surface area (Å²) in [6, 6.07) is 13.3. The SMILES string of the molecule is CN(CC(=O)Nc1nc2c(s1)CN(Cc1ccccc1)CC2)S(=O)(=O)c1ccc(Cl)s1. The first-order chi connectivity index (χ1) is 14.8. The first-order valence-corrected chi connectivity index (χ1v) is 13.0. The Morgan fingerprint density at radius 2 is 2.00 bits per heavy atom. The average Bonchev–Trinajstić information content (AvgIpc) is 3.34. The molecule has 1 aliphatic rings. The van der Waals surface area contributed by atoms with Crippen LogP contribution in [0.2, 0.25) is 4.34 Å². The number of amides is 1. The molecule has 31 heavy (non-hydrogen) atoms. The van der Waals surface area contributed by atoms with Gasteiger partial charge in [0.15, 0.2) is 5.13 Å². The predicted molar refractivity (Wildman–Crippen MR) is 124 cm³/mol. The molecule has 0 spiro atoms.